The maximum absolute atomic E-state index is 13.5. The van der Waals surface area contributed by atoms with Crippen LogP contribution < -0.4 is 69.1 Å². The first-order valence-electron chi connectivity index (χ1n) is 51.8. The monoisotopic (exact) mass is 2020 g/mol. The minimum atomic E-state index is -0.371. The lowest BCUT2D eigenvalue weighted by Crippen LogP contribution is -2.52. The van der Waals surface area contributed by atoms with Crippen LogP contribution in [0, 0.1) is 0 Å². The molecule has 5 saturated heterocycles. The molecule has 772 valence electrons. The second kappa shape index (κ2) is 44.9. The Morgan fingerprint density at radius 1 is 0.396 bits per heavy atom. The summed E-state index contributed by atoms with van der Waals surface area (Å²) in [6.45, 7) is 21.1. The number of piperazine rings is 3. The third-order valence-corrected chi connectivity index (χ3v) is 29.1. The van der Waals surface area contributed by atoms with Crippen molar-refractivity contribution < 1.29 is 52.5 Å². The molecule has 9 aliphatic heterocycles. The van der Waals surface area contributed by atoms with Crippen molar-refractivity contribution in [2.45, 2.75) is 108 Å². The van der Waals surface area contributed by atoms with Crippen LogP contribution in [0.4, 0.5) is 67.5 Å². The van der Waals surface area contributed by atoms with E-state index in [9.17, 15) is 14.6 Å². The van der Waals surface area contributed by atoms with E-state index in [1.165, 1.54) is 18.4 Å². The number of ether oxygens (including phenoxy) is 8. The Labute approximate surface area is 863 Å². The van der Waals surface area contributed by atoms with Gasteiger partial charge in [-0.05, 0) is 182 Å². The number of methoxy groups -OCH3 is 3. The Morgan fingerprint density at radius 2 is 0.725 bits per heavy atom. The number of β-amino-alcohol motifs (C(OH)–C–C–N with tert-alkyl or cyclic N) is 2. The lowest BCUT2D eigenvalue weighted by molar-refractivity contribution is -0.0712. The average molecular weight is 2020 g/mol. The van der Waals surface area contributed by atoms with Crippen LogP contribution in [0.3, 0.4) is 0 Å². The first-order valence-corrected chi connectivity index (χ1v) is 51.8. The zero-order valence-corrected chi connectivity index (χ0v) is 84.9. The molecule has 4 aromatic carbocycles. The molecule has 0 saturated carbocycles. The summed E-state index contributed by atoms with van der Waals surface area (Å²) in [4.78, 5) is 72.0. The highest BCUT2D eigenvalue weighted by Gasteiger charge is 2.33. The first kappa shape index (κ1) is 98.5. The van der Waals surface area contributed by atoms with Gasteiger partial charge in [0, 0.05) is 270 Å². The molecular formula is C111H126FN27O10. The van der Waals surface area contributed by atoms with Gasteiger partial charge < -0.3 is 102 Å². The average Bonchev–Trinajstić information content (AvgIpc) is 1.52. The fraction of sp³-hybridized carbons (Fsp3) is 0.387. The highest BCUT2D eigenvalue weighted by molar-refractivity contribution is 5.81. The normalized spacial score (nSPS) is 17.5. The number of alkyl halides is 1. The summed E-state index contributed by atoms with van der Waals surface area (Å²) in [6.07, 6.45) is 39.6. The number of hydrogen-bond acceptors (Lipinski definition) is 33. The van der Waals surface area contributed by atoms with Crippen molar-refractivity contribution in [2.24, 2.45) is 0 Å². The van der Waals surface area contributed by atoms with Crippen molar-refractivity contribution in [1.82, 2.24) is 97.0 Å². The maximum atomic E-state index is 13.5. The van der Waals surface area contributed by atoms with Gasteiger partial charge in [0.05, 0.1) is 125 Å². The minimum Gasteiger partial charge on any atom is -0.495 e. The molecule has 16 aromatic rings. The third kappa shape index (κ3) is 22.4. The van der Waals surface area contributed by atoms with Crippen molar-refractivity contribution in [2.75, 3.05) is 209 Å². The number of pyridine rings is 4. The van der Waals surface area contributed by atoms with Gasteiger partial charge in [-0.25, -0.2) is 64.2 Å². The highest BCUT2D eigenvalue weighted by Crippen LogP contribution is 2.42. The number of rotatable bonds is 25. The van der Waals surface area contributed by atoms with Crippen molar-refractivity contribution in [3.8, 4) is 85.8 Å². The number of aliphatic hydroxyl groups is 2. The number of likely N-dealkylation sites (N-methyl/N-ethyl adjacent to an activating group) is 1. The number of hydrogen-bond donors (Lipinski definition) is 6. The van der Waals surface area contributed by atoms with Crippen LogP contribution >= 0.6 is 0 Å². The predicted molar refractivity (Wildman–Crippen MR) is 572 cm³/mol. The molecule has 25 rings (SSSR count). The summed E-state index contributed by atoms with van der Waals surface area (Å²) in [6, 6.07) is 36.1. The van der Waals surface area contributed by atoms with E-state index < -0.39 is 0 Å². The predicted octanol–water partition coefficient (Wildman–Crippen LogP) is 15.1. The number of imidazole rings is 4. The lowest BCUT2D eigenvalue weighted by atomic mass is 9.88. The van der Waals surface area contributed by atoms with Gasteiger partial charge in [-0.2, -0.15) is 0 Å². The molecule has 21 heterocycles. The van der Waals surface area contributed by atoms with E-state index in [2.05, 4.69) is 156 Å². The van der Waals surface area contributed by atoms with Gasteiger partial charge in [0.15, 0.2) is 45.9 Å². The number of benzene rings is 4. The number of fused-ring (bicyclic) bond motifs is 8. The van der Waals surface area contributed by atoms with Crippen LogP contribution in [0.5, 0.6) is 40.8 Å². The lowest BCUT2D eigenvalue weighted by Gasteiger charge is -2.41. The molecule has 0 spiro atoms. The van der Waals surface area contributed by atoms with E-state index in [-0.39, 0.29) is 24.9 Å². The summed E-state index contributed by atoms with van der Waals surface area (Å²) in [7, 11) is 7.02. The van der Waals surface area contributed by atoms with E-state index in [4.69, 9.17) is 57.8 Å². The fourth-order valence-corrected chi connectivity index (χ4v) is 21.0. The summed E-state index contributed by atoms with van der Waals surface area (Å²) in [5, 5.41) is 33.3. The van der Waals surface area contributed by atoms with Crippen LogP contribution in [-0.2, 0) is 30.4 Å². The molecule has 3 atom stereocenters. The molecule has 0 aliphatic carbocycles. The molecule has 9 aliphatic rings. The number of nitrogens with zero attached hydrogens (tertiary/aromatic N) is 23. The summed E-state index contributed by atoms with van der Waals surface area (Å²) in [5.41, 5.74) is 22.5. The van der Waals surface area contributed by atoms with Gasteiger partial charge in [0.1, 0.15) is 23.9 Å². The molecule has 0 bridgehead atoms. The third-order valence-electron chi connectivity index (χ3n) is 29.1. The molecule has 149 heavy (non-hydrogen) atoms. The molecular weight excluding hydrogens is 1890 g/mol. The SMILES string of the molecule is COc1cc(Nc2nc(-c3cnc4c(c3)CCCO4)cn3ccnc23)ccc1N1CCN(C)[C@@H](CF)C1.COc1cc(Nc2nc(-c3cnc4c(c3)CCCO4)cn3ccnc23)ccc1N1CCN(CC(C)O)CC1.COc1cc(Nc2nc(-c3cnc4c(c3)CCCO4)cn3ccnc23)ccc1N1CCN(C[C@H](C)O)CC1.c1cn2cc(-c3cnc4c(c3)CCCO4)nc(Nc3ccc(C4CCN(C5COC5)CC4)cc3)c2n1. The molecule has 0 radical (unpaired) electrons. The van der Waals surface area contributed by atoms with Gasteiger partial charge in [-0.1, -0.05) is 12.1 Å². The van der Waals surface area contributed by atoms with Gasteiger partial charge in [0.2, 0.25) is 23.5 Å². The van der Waals surface area contributed by atoms with Crippen LogP contribution in [0.1, 0.15) is 86.1 Å². The smallest absolute Gasteiger partial charge is 0.216 e. The number of aryl methyl sites for hydroxylation is 4. The number of aromatic nitrogens is 16. The second-order valence-corrected chi connectivity index (χ2v) is 39.4. The van der Waals surface area contributed by atoms with Crippen molar-refractivity contribution in [3.63, 3.8) is 0 Å². The molecule has 5 fully saturated rings. The van der Waals surface area contributed by atoms with Crippen LogP contribution in [-0.4, -0.2) is 304 Å². The molecule has 38 heteroatoms. The number of likely N-dealkylation sites (tertiary alicyclic amines) is 1. The van der Waals surface area contributed by atoms with Crippen LogP contribution in [0.25, 0.3) is 67.6 Å². The van der Waals surface area contributed by atoms with Crippen LogP contribution in [0.15, 0.2) is 202 Å². The number of halogens is 1. The standard InChI is InChI=1S/2C28H33N7O3.C28H30N6O2.C27H30FN7O2/c2*1-19(36)17-33-9-11-34(12-10-33)24-6-5-22(15-25(24)37-2)31-26-27-29-7-8-35(27)18-23(32-26)21-14-20-4-3-13-38-28(20)30-16-21;1-2-21-14-22(15-30-28(21)36-13-1)25-16-34-12-9-29-27(34)26(32-25)31-23-5-3-19(4-6-23)20-7-10-33(11-8-20)24-17-35-18-24;1-33-9-10-34(16-21(33)14-28)23-6-5-20(13-24(23)36-2)31-25-26-29-7-8-35(26)17-22(32-25)19-12-18-4-3-11-37-27(18)30-15-19/h2*5-8,14-16,18-19,36H,3-4,9-13,17H2,1-2H3,(H,31,32);3-6,9,12,14-16,20,24H,1-2,7-8,10-11,13,17-18H2,(H,31,32);5-8,12-13,15,17,21H,3-4,9-11,14,16H2,1-2H3,(H,31,32)/t19-;;;21-/m0..0/s1. The van der Waals surface area contributed by atoms with E-state index in [1.54, 1.807) is 52.3 Å². The Morgan fingerprint density at radius 3 is 1.05 bits per heavy atom. The molecule has 1 unspecified atom stereocenters. The zero-order chi connectivity index (χ0) is 101. The maximum Gasteiger partial charge on any atom is 0.216 e. The van der Waals surface area contributed by atoms with E-state index in [0.29, 0.717) is 80.4 Å². The zero-order valence-electron chi connectivity index (χ0n) is 84.9. The van der Waals surface area contributed by atoms with Gasteiger partial charge in [0.25, 0.3) is 0 Å². The molecule has 37 nitrogen and oxygen atoms in total. The Bertz CT molecular complexity index is 7170. The number of aliphatic hydroxyl groups excluding tert-OH is 2. The quantitative estimate of drug-likeness (QED) is 0.0309. The van der Waals surface area contributed by atoms with Crippen molar-refractivity contribution >= 4 is 85.7 Å². The molecule has 6 N–H and O–H groups in total. The second-order valence-electron chi connectivity index (χ2n) is 39.4. The van der Waals surface area contributed by atoms with Crippen LogP contribution in [0.2, 0.25) is 0 Å². The van der Waals surface area contributed by atoms with Gasteiger partial charge >= 0.3 is 0 Å². The number of piperidine rings is 1. The Balaban J connectivity index is 0.000000112. The van der Waals surface area contributed by atoms with E-state index in [1.807, 2.05) is 149 Å². The minimum absolute atomic E-state index is 0.124. The highest BCUT2D eigenvalue weighted by atomic mass is 19.1. The topological polar surface area (TPSA) is 357 Å². The number of nitrogens with one attached hydrogen (secondary N) is 4. The molecule has 0 amide bonds. The van der Waals surface area contributed by atoms with E-state index in [0.717, 1.165) is 314 Å². The van der Waals surface area contributed by atoms with Gasteiger partial charge in [-0.15, -0.1) is 0 Å². The summed E-state index contributed by atoms with van der Waals surface area (Å²) in [5.74, 6) is 8.51. The largest absolute Gasteiger partial charge is 0.495 e. The van der Waals surface area contributed by atoms with Crippen molar-refractivity contribution in [3.05, 3.63) is 230 Å². The van der Waals surface area contributed by atoms with Crippen molar-refractivity contribution in [1.29, 1.82) is 0 Å². The fourth-order valence-electron chi connectivity index (χ4n) is 21.0. The van der Waals surface area contributed by atoms with E-state index >= 15 is 0 Å². The first-order chi connectivity index (χ1) is 73.1. The summed E-state index contributed by atoms with van der Waals surface area (Å²) >= 11 is 0. The summed E-state index contributed by atoms with van der Waals surface area (Å²) < 4.78 is 66.8. The molecule has 12 aromatic heterocycles. The Kier molecular flexibility index (Phi) is 29.6. The number of anilines is 11. The van der Waals surface area contributed by atoms with Gasteiger partial charge in [-0.3, -0.25) is 19.6 Å². The Hall–Kier alpha value is -15.2.